The summed E-state index contributed by atoms with van der Waals surface area (Å²) in [7, 11) is 3.57. The standard InChI is InChI=1S/C29H28BrN3O4S/c1-5-9-21-25(28(35)37-6-2)26(20-15-18(30)12-13-23(20)36-4)33-27(34)24(38-29(33)31-21)14-17-16-32(3)22-11-8-7-10-19(17)22/h7-8,10-16,26H,5-6,9H2,1-4H3/b24-14+/t26-/m1/s1. The third kappa shape index (κ3) is 4.54. The highest BCUT2D eigenvalue weighted by Crippen LogP contribution is 2.38. The van der Waals surface area contributed by atoms with E-state index in [9.17, 15) is 9.59 Å². The Labute approximate surface area is 232 Å². The molecule has 0 fully saturated rings. The van der Waals surface area contributed by atoms with Gasteiger partial charge in [-0.1, -0.05) is 58.8 Å². The zero-order valence-electron chi connectivity index (χ0n) is 21.7. The number of methoxy groups -OCH3 is 1. The van der Waals surface area contributed by atoms with Gasteiger partial charge in [-0.3, -0.25) is 9.36 Å². The Morgan fingerprint density at radius 2 is 2.00 bits per heavy atom. The number of rotatable bonds is 7. The first-order valence-corrected chi connectivity index (χ1v) is 14.1. The first-order chi connectivity index (χ1) is 18.4. The van der Waals surface area contributed by atoms with Crippen LogP contribution in [0.25, 0.3) is 17.0 Å². The highest BCUT2D eigenvalue weighted by atomic mass is 79.9. The van der Waals surface area contributed by atoms with Crippen LogP contribution in [0.4, 0.5) is 0 Å². The molecule has 38 heavy (non-hydrogen) atoms. The van der Waals surface area contributed by atoms with E-state index < -0.39 is 12.0 Å². The fraction of sp³-hybridized carbons (Fsp3) is 0.276. The SMILES string of the molecule is CCCC1=C(C(=O)OCC)[C@@H](c2cc(Br)ccc2OC)n2c(s/c(=C/c3cn(C)c4ccccc34)c2=O)=N1. The summed E-state index contributed by atoms with van der Waals surface area (Å²) in [6, 6.07) is 12.9. The summed E-state index contributed by atoms with van der Waals surface area (Å²) in [6.07, 6.45) is 5.29. The van der Waals surface area contributed by atoms with Crippen molar-refractivity contribution in [3.8, 4) is 5.75 Å². The molecule has 0 unspecified atom stereocenters. The largest absolute Gasteiger partial charge is 0.496 e. The van der Waals surface area contributed by atoms with Gasteiger partial charge in [-0.15, -0.1) is 0 Å². The summed E-state index contributed by atoms with van der Waals surface area (Å²) in [5.41, 5.74) is 3.50. The lowest BCUT2D eigenvalue weighted by molar-refractivity contribution is -0.139. The fourth-order valence-electron chi connectivity index (χ4n) is 4.96. The van der Waals surface area contributed by atoms with Crippen LogP contribution in [0.5, 0.6) is 5.75 Å². The highest BCUT2D eigenvalue weighted by molar-refractivity contribution is 9.10. The van der Waals surface area contributed by atoms with Gasteiger partial charge in [0.05, 0.1) is 29.5 Å². The van der Waals surface area contributed by atoms with Gasteiger partial charge in [-0.2, -0.15) is 0 Å². The van der Waals surface area contributed by atoms with Crippen LogP contribution in [0.2, 0.25) is 0 Å². The number of ether oxygens (including phenoxy) is 2. The molecule has 0 saturated heterocycles. The monoisotopic (exact) mass is 593 g/mol. The molecular weight excluding hydrogens is 566 g/mol. The predicted octanol–water partition coefficient (Wildman–Crippen LogP) is 4.84. The Hall–Kier alpha value is -3.43. The quantitative estimate of drug-likeness (QED) is 0.287. The van der Waals surface area contributed by atoms with Gasteiger partial charge in [0.25, 0.3) is 5.56 Å². The lowest BCUT2D eigenvalue weighted by Gasteiger charge is -2.27. The van der Waals surface area contributed by atoms with Crippen molar-refractivity contribution in [3.63, 3.8) is 0 Å². The first-order valence-electron chi connectivity index (χ1n) is 12.5. The topological polar surface area (TPSA) is 74.8 Å². The van der Waals surface area contributed by atoms with Crippen molar-refractivity contribution in [2.24, 2.45) is 12.0 Å². The summed E-state index contributed by atoms with van der Waals surface area (Å²) in [5.74, 6) is 0.0939. The number of aromatic nitrogens is 2. The summed E-state index contributed by atoms with van der Waals surface area (Å²) in [4.78, 5) is 32.9. The molecule has 4 aromatic rings. The average molecular weight is 595 g/mol. The average Bonchev–Trinajstić information content (AvgIpc) is 3.39. The molecule has 2 aromatic heterocycles. The first kappa shape index (κ1) is 26.2. The lowest BCUT2D eigenvalue weighted by Crippen LogP contribution is -2.40. The molecule has 9 heteroatoms. The molecular formula is C29H28BrN3O4S. The van der Waals surface area contributed by atoms with Gasteiger partial charge >= 0.3 is 5.97 Å². The van der Waals surface area contributed by atoms with Crippen LogP contribution in [0.15, 0.2) is 74.2 Å². The number of hydrogen-bond donors (Lipinski definition) is 0. The Bertz CT molecular complexity index is 1760. The Kier molecular flexibility index (Phi) is 7.40. The molecule has 3 heterocycles. The molecule has 0 spiro atoms. The van der Waals surface area contributed by atoms with Gasteiger partial charge < -0.3 is 14.0 Å². The van der Waals surface area contributed by atoms with Crippen LogP contribution in [-0.4, -0.2) is 28.8 Å². The molecule has 0 amide bonds. The van der Waals surface area contributed by atoms with Crippen molar-refractivity contribution in [2.45, 2.75) is 32.7 Å². The van der Waals surface area contributed by atoms with Crippen molar-refractivity contribution in [1.29, 1.82) is 0 Å². The van der Waals surface area contributed by atoms with E-state index in [0.717, 1.165) is 27.4 Å². The number of hydrogen-bond acceptors (Lipinski definition) is 6. The number of fused-ring (bicyclic) bond motifs is 2. The molecule has 0 saturated carbocycles. The molecule has 1 atom stereocenters. The van der Waals surface area contributed by atoms with Crippen LogP contribution in [0.3, 0.4) is 0 Å². The van der Waals surface area contributed by atoms with Crippen LogP contribution in [0.1, 0.15) is 43.9 Å². The molecule has 5 rings (SSSR count). The van der Waals surface area contributed by atoms with E-state index >= 15 is 0 Å². The van der Waals surface area contributed by atoms with Crippen LogP contribution >= 0.6 is 27.3 Å². The van der Waals surface area contributed by atoms with Crippen molar-refractivity contribution >= 4 is 50.2 Å². The number of allylic oxidation sites excluding steroid dienone is 1. The van der Waals surface area contributed by atoms with Gasteiger partial charge in [0.15, 0.2) is 4.80 Å². The van der Waals surface area contributed by atoms with Crippen LogP contribution in [0, 0.1) is 0 Å². The lowest BCUT2D eigenvalue weighted by atomic mass is 9.93. The molecule has 7 nitrogen and oxygen atoms in total. The normalized spacial score (nSPS) is 15.5. The van der Waals surface area contributed by atoms with Crippen LogP contribution < -0.4 is 19.6 Å². The third-order valence-electron chi connectivity index (χ3n) is 6.59. The van der Waals surface area contributed by atoms with E-state index in [1.807, 2.05) is 67.2 Å². The smallest absolute Gasteiger partial charge is 0.338 e. The molecule has 0 aliphatic carbocycles. The predicted molar refractivity (Wildman–Crippen MR) is 153 cm³/mol. The number of carbonyl (C=O) groups is 1. The van der Waals surface area contributed by atoms with E-state index in [2.05, 4.69) is 22.0 Å². The maximum Gasteiger partial charge on any atom is 0.338 e. The fourth-order valence-corrected chi connectivity index (χ4v) is 6.35. The Balaban J connectivity index is 1.82. The van der Waals surface area contributed by atoms with Gasteiger partial charge in [-0.25, -0.2) is 9.79 Å². The molecule has 0 N–H and O–H groups in total. The Morgan fingerprint density at radius 1 is 1.21 bits per heavy atom. The maximum atomic E-state index is 14.1. The number of halogens is 1. The minimum absolute atomic E-state index is 0.217. The number of nitrogens with zero attached hydrogens (tertiary/aromatic N) is 3. The number of carbonyl (C=O) groups excluding carboxylic acids is 1. The maximum absolute atomic E-state index is 14.1. The zero-order chi connectivity index (χ0) is 27.0. The third-order valence-corrected chi connectivity index (χ3v) is 8.07. The molecule has 196 valence electrons. The molecule has 2 aromatic carbocycles. The van der Waals surface area contributed by atoms with Crippen molar-refractivity contribution in [1.82, 2.24) is 9.13 Å². The second-order valence-corrected chi connectivity index (χ2v) is 10.9. The second kappa shape index (κ2) is 10.7. The number of thiazole rings is 1. The molecule has 1 aliphatic rings. The van der Waals surface area contributed by atoms with Gasteiger partial charge in [0.1, 0.15) is 11.8 Å². The molecule has 1 aliphatic heterocycles. The highest BCUT2D eigenvalue weighted by Gasteiger charge is 2.36. The number of para-hydroxylation sites is 1. The number of benzene rings is 2. The van der Waals surface area contributed by atoms with Gasteiger partial charge in [-0.05, 0) is 43.7 Å². The molecule has 0 bridgehead atoms. The zero-order valence-corrected chi connectivity index (χ0v) is 24.1. The summed E-state index contributed by atoms with van der Waals surface area (Å²) < 4.78 is 16.2. The van der Waals surface area contributed by atoms with Crippen LogP contribution in [-0.2, 0) is 16.6 Å². The van der Waals surface area contributed by atoms with Gasteiger partial charge in [0.2, 0.25) is 0 Å². The van der Waals surface area contributed by atoms with Crippen molar-refractivity contribution in [3.05, 3.63) is 95.2 Å². The Morgan fingerprint density at radius 3 is 2.74 bits per heavy atom. The summed E-state index contributed by atoms with van der Waals surface area (Å²) in [5, 5.41) is 1.06. The molecule has 0 radical (unpaired) electrons. The van der Waals surface area contributed by atoms with E-state index in [0.29, 0.717) is 38.3 Å². The number of aryl methyl sites for hydroxylation is 1. The number of esters is 1. The van der Waals surface area contributed by atoms with Crippen molar-refractivity contribution < 1.29 is 14.3 Å². The second-order valence-electron chi connectivity index (χ2n) is 9.01. The van der Waals surface area contributed by atoms with Crippen molar-refractivity contribution in [2.75, 3.05) is 13.7 Å². The minimum atomic E-state index is -0.742. The van der Waals surface area contributed by atoms with E-state index in [4.69, 9.17) is 14.5 Å². The summed E-state index contributed by atoms with van der Waals surface area (Å²) in [6.45, 7) is 4.03. The summed E-state index contributed by atoms with van der Waals surface area (Å²) >= 11 is 4.88. The van der Waals surface area contributed by atoms with E-state index in [1.165, 1.54) is 11.3 Å². The van der Waals surface area contributed by atoms with Gasteiger partial charge in [0, 0.05) is 39.7 Å². The van der Waals surface area contributed by atoms with E-state index in [1.54, 1.807) is 18.6 Å². The minimum Gasteiger partial charge on any atom is -0.496 e. The van der Waals surface area contributed by atoms with E-state index in [-0.39, 0.29) is 12.2 Å².